The Morgan fingerprint density at radius 3 is 1.35 bits per heavy atom. The Hall–Kier alpha value is 0.137. The lowest BCUT2D eigenvalue weighted by Gasteiger charge is -2.40. The zero-order valence-electron chi connectivity index (χ0n) is 13.3. The summed E-state index contributed by atoms with van der Waals surface area (Å²) < 4.78 is 12.5. The van der Waals surface area contributed by atoms with Crippen molar-refractivity contribution in [1.82, 2.24) is 0 Å². The molecular weight excluding hydrogens is 228 g/mol. The average molecular weight is 260 g/mol. The lowest BCUT2D eigenvalue weighted by molar-refractivity contribution is 0.0217. The topological polar surface area (TPSA) is 18.5 Å². The predicted molar refractivity (Wildman–Crippen MR) is 77.8 cm³/mol. The van der Waals surface area contributed by atoms with Crippen molar-refractivity contribution < 1.29 is 8.85 Å². The molecule has 0 spiro atoms. The molecule has 0 rings (SSSR count). The maximum Gasteiger partial charge on any atom is 0.328 e. The van der Waals surface area contributed by atoms with E-state index >= 15 is 0 Å². The molecule has 0 saturated carbocycles. The minimum atomic E-state index is -1.71. The Morgan fingerprint density at radius 1 is 0.765 bits per heavy atom. The van der Waals surface area contributed by atoms with Crippen LogP contribution in [0, 0.1) is 0 Å². The van der Waals surface area contributed by atoms with E-state index in [9.17, 15) is 0 Å². The summed E-state index contributed by atoms with van der Waals surface area (Å²) in [6.45, 7) is 19.5. The van der Waals surface area contributed by atoms with Crippen molar-refractivity contribution in [2.45, 2.75) is 91.4 Å². The van der Waals surface area contributed by atoms with Crippen LogP contribution in [0.4, 0.5) is 0 Å². The highest BCUT2D eigenvalue weighted by atomic mass is 28.3. The molecule has 0 radical (unpaired) electrons. The van der Waals surface area contributed by atoms with Crippen molar-refractivity contribution in [3.63, 3.8) is 0 Å². The van der Waals surface area contributed by atoms with Gasteiger partial charge in [-0.05, 0) is 48.0 Å². The van der Waals surface area contributed by atoms with Crippen LogP contribution in [-0.4, -0.2) is 20.5 Å². The van der Waals surface area contributed by atoms with Crippen molar-refractivity contribution >= 4 is 9.28 Å². The summed E-state index contributed by atoms with van der Waals surface area (Å²) in [4.78, 5) is 0. The van der Waals surface area contributed by atoms with E-state index in [4.69, 9.17) is 8.85 Å². The maximum absolute atomic E-state index is 6.25. The van der Waals surface area contributed by atoms with Gasteiger partial charge in [0.2, 0.25) is 0 Å². The van der Waals surface area contributed by atoms with Gasteiger partial charge in [0, 0.05) is 16.2 Å². The highest BCUT2D eigenvalue weighted by Gasteiger charge is 2.39. The van der Waals surface area contributed by atoms with E-state index in [1.165, 1.54) is 6.42 Å². The molecule has 0 aromatic heterocycles. The van der Waals surface area contributed by atoms with E-state index in [1.807, 2.05) is 0 Å². The van der Waals surface area contributed by atoms with Crippen molar-refractivity contribution in [2.75, 3.05) is 0 Å². The normalized spacial score (nSPS) is 14.5. The second kappa shape index (κ2) is 5.85. The summed E-state index contributed by atoms with van der Waals surface area (Å²) in [7, 11) is -1.71. The Bertz CT molecular complexity index is 207. The van der Waals surface area contributed by atoms with Crippen LogP contribution in [0.5, 0.6) is 0 Å². The molecule has 0 unspecified atom stereocenters. The van der Waals surface area contributed by atoms with Gasteiger partial charge in [0.25, 0.3) is 0 Å². The SMILES string of the molecule is CCCC(C)(C)[SiH](OC(C)(C)C)OC(C)(C)C. The molecule has 0 aliphatic rings. The minimum Gasteiger partial charge on any atom is -0.391 e. The van der Waals surface area contributed by atoms with Crippen LogP contribution in [0.2, 0.25) is 5.04 Å². The zero-order valence-corrected chi connectivity index (χ0v) is 14.5. The Balaban J connectivity index is 4.85. The van der Waals surface area contributed by atoms with Gasteiger partial charge in [0.15, 0.2) is 0 Å². The second-order valence-electron chi connectivity index (χ2n) is 7.53. The second-order valence-corrected chi connectivity index (χ2v) is 10.2. The van der Waals surface area contributed by atoms with Crippen molar-refractivity contribution in [2.24, 2.45) is 0 Å². The lowest BCUT2D eigenvalue weighted by Crippen LogP contribution is -2.45. The first-order valence-electron chi connectivity index (χ1n) is 6.73. The monoisotopic (exact) mass is 260 g/mol. The third-order valence-corrected chi connectivity index (χ3v) is 5.86. The summed E-state index contributed by atoms with van der Waals surface area (Å²) in [5, 5.41) is 0.176. The molecule has 0 bridgehead atoms. The van der Waals surface area contributed by atoms with E-state index in [2.05, 4.69) is 62.3 Å². The third kappa shape index (κ3) is 7.95. The van der Waals surface area contributed by atoms with Crippen LogP contribution in [-0.2, 0) is 8.85 Å². The molecule has 0 saturated heterocycles. The van der Waals surface area contributed by atoms with Gasteiger partial charge in [-0.25, -0.2) is 0 Å². The molecule has 0 N–H and O–H groups in total. The lowest BCUT2D eigenvalue weighted by atomic mass is 10.1. The van der Waals surface area contributed by atoms with Gasteiger partial charge in [-0.3, -0.25) is 0 Å². The minimum absolute atomic E-state index is 0.118. The summed E-state index contributed by atoms with van der Waals surface area (Å²) in [5.74, 6) is 0. The van der Waals surface area contributed by atoms with Crippen LogP contribution < -0.4 is 0 Å². The summed E-state index contributed by atoms with van der Waals surface area (Å²) >= 11 is 0. The van der Waals surface area contributed by atoms with E-state index in [0.29, 0.717) is 0 Å². The van der Waals surface area contributed by atoms with E-state index < -0.39 is 9.28 Å². The van der Waals surface area contributed by atoms with Gasteiger partial charge in [-0.1, -0.05) is 27.2 Å². The molecule has 104 valence electrons. The zero-order chi connectivity index (χ0) is 13.9. The van der Waals surface area contributed by atoms with Gasteiger partial charge in [-0.2, -0.15) is 0 Å². The van der Waals surface area contributed by atoms with Gasteiger partial charge in [0.05, 0.1) is 0 Å². The van der Waals surface area contributed by atoms with Crippen LogP contribution in [0.3, 0.4) is 0 Å². The first-order chi connectivity index (χ1) is 7.37. The Kier molecular flexibility index (Phi) is 5.90. The molecule has 0 heterocycles. The van der Waals surface area contributed by atoms with Crippen LogP contribution >= 0.6 is 0 Å². The highest BCUT2D eigenvalue weighted by Crippen LogP contribution is 2.38. The average Bonchev–Trinajstić information content (AvgIpc) is 1.96. The van der Waals surface area contributed by atoms with Crippen molar-refractivity contribution in [3.05, 3.63) is 0 Å². The van der Waals surface area contributed by atoms with Crippen LogP contribution in [0.25, 0.3) is 0 Å². The molecule has 3 heteroatoms. The highest BCUT2D eigenvalue weighted by molar-refractivity contribution is 6.48. The molecule has 0 amide bonds. The van der Waals surface area contributed by atoms with Crippen molar-refractivity contribution in [3.8, 4) is 0 Å². The van der Waals surface area contributed by atoms with Gasteiger partial charge in [0.1, 0.15) is 0 Å². The van der Waals surface area contributed by atoms with Gasteiger partial charge < -0.3 is 8.85 Å². The first kappa shape index (κ1) is 17.1. The number of hydrogen-bond donors (Lipinski definition) is 0. The van der Waals surface area contributed by atoms with Gasteiger partial charge >= 0.3 is 9.28 Å². The molecule has 0 atom stereocenters. The fourth-order valence-electron chi connectivity index (χ4n) is 1.75. The largest absolute Gasteiger partial charge is 0.391 e. The molecule has 0 aromatic carbocycles. The molecule has 2 nitrogen and oxygen atoms in total. The quantitative estimate of drug-likeness (QED) is 0.681. The van der Waals surface area contributed by atoms with Gasteiger partial charge in [-0.15, -0.1) is 0 Å². The van der Waals surface area contributed by atoms with E-state index in [1.54, 1.807) is 0 Å². The summed E-state index contributed by atoms with van der Waals surface area (Å²) in [6.07, 6.45) is 2.34. The number of rotatable bonds is 5. The maximum atomic E-state index is 6.25. The predicted octanol–water partition coefficient (Wildman–Crippen LogP) is 4.42. The van der Waals surface area contributed by atoms with E-state index in [0.717, 1.165) is 6.42 Å². The van der Waals surface area contributed by atoms with Crippen molar-refractivity contribution in [1.29, 1.82) is 0 Å². The van der Waals surface area contributed by atoms with E-state index in [-0.39, 0.29) is 16.2 Å². The fourth-order valence-corrected chi connectivity index (χ4v) is 4.24. The Labute approximate surface area is 110 Å². The summed E-state index contributed by atoms with van der Waals surface area (Å²) in [6, 6.07) is 0. The first-order valence-corrected chi connectivity index (χ1v) is 8.25. The smallest absolute Gasteiger partial charge is 0.328 e. The standard InChI is InChI=1S/C14H32O2Si/c1-10-11-14(8,9)17(15-12(2,3)4)16-13(5,6)7/h17H,10-11H2,1-9H3. The molecule has 0 aromatic rings. The Morgan fingerprint density at radius 2 is 1.12 bits per heavy atom. The fraction of sp³-hybridized carbons (Fsp3) is 1.00. The number of hydrogen-bond acceptors (Lipinski definition) is 2. The van der Waals surface area contributed by atoms with Crippen LogP contribution in [0.15, 0.2) is 0 Å². The third-order valence-electron chi connectivity index (χ3n) is 2.45. The molecule has 0 aliphatic carbocycles. The molecule has 17 heavy (non-hydrogen) atoms. The molecular formula is C14H32O2Si. The molecule has 0 aliphatic heterocycles. The van der Waals surface area contributed by atoms with Crippen LogP contribution in [0.1, 0.15) is 75.2 Å². The molecule has 0 fully saturated rings. The summed E-state index contributed by atoms with van der Waals surface area (Å²) in [5.41, 5.74) is -0.236.